The van der Waals surface area contributed by atoms with Gasteiger partial charge in [-0.3, -0.25) is 9.88 Å². The van der Waals surface area contributed by atoms with E-state index in [0.29, 0.717) is 18.7 Å². The molecule has 19 heavy (non-hydrogen) atoms. The van der Waals surface area contributed by atoms with Crippen molar-refractivity contribution >= 4 is 15.8 Å². The van der Waals surface area contributed by atoms with E-state index in [1.54, 1.807) is 12.1 Å². The Balaban J connectivity index is 2.55. The van der Waals surface area contributed by atoms with E-state index < -0.39 is 15.8 Å². The van der Waals surface area contributed by atoms with Gasteiger partial charge in [-0.05, 0) is 19.2 Å². The third-order valence-electron chi connectivity index (χ3n) is 2.52. The molecule has 0 amide bonds. The number of carbonyl (C=O) groups excluding carboxylic acids is 1. The topological polar surface area (TPSA) is 76.6 Å². The number of sulfone groups is 1. The fourth-order valence-electron chi connectivity index (χ4n) is 1.43. The van der Waals surface area contributed by atoms with Crippen molar-refractivity contribution in [3.63, 3.8) is 0 Å². The molecule has 0 saturated carbocycles. The summed E-state index contributed by atoms with van der Waals surface area (Å²) in [6, 6.07) is 3.36. The number of methoxy groups -OCH3 is 1. The van der Waals surface area contributed by atoms with E-state index in [2.05, 4.69) is 9.72 Å². The van der Waals surface area contributed by atoms with Gasteiger partial charge in [0.15, 0.2) is 0 Å². The zero-order valence-corrected chi connectivity index (χ0v) is 12.1. The quantitative estimate of drug-likeness (QED) is 0.702. The van der Waals surface area contributed by atoms with Crippen molar-refractivity contribution in [1.29, 1.82) is 0 Å². The van der Waals surface area contributed by atoms with Crippen LogP contribution in [0.25, 0.3) is 0 Å². The average Bonchev–Trinajstić information content (AvgIpc) is 2.35. The first-order chi connectivity index (χ1) is 8.81. The lowest BCUT2D eigenvalue weighted by atomic mass is 10.2. The zero-order valence-electron chi connectivity index (χ0n) is 11.3. The van der Waals surface area contributed by atoms with Gasteiger partial charge in [-0.2, -0.15) is 0 Å². The maximum absolute atomic E-state index is 11.2. The number of pyridine rings is 1. The summed E-state index contributed by atoms with van der Waals surface area (Å²) < 4.78 is 26.7. The van der Waals surface area contributed by atoms with E-state index in [0.717, 1.165) is 5.69 Å². The second kappa shape index (κ2) is 6.63. The second-order valence-corrected chi connectivity index (χ2v) is 6.66. The van der Waals surface area contributed by atoms with Crippen LogP contribution in [0.4, 0.5) is 0 Å². The van der Waals surface area contributed by atoms with Crippen LogP contribution in [0.5, 0.6) is 0 Å². The van der Waals surface area contributed by atoms with E-state index in [9.17, 15) is 13.2 Å². The molecule has 0 spiro atoms. The molecule has 0 bridgehead atoms. The number of rotatable bonds is 6. The maximum atomic E-state index is 11.2. The van der Waals surface area contributed by atoms with Gasteiger partial charge in [-0.15, -0.1) is 0 Å². The Morgan fingerprint density at radius 2 is 2.11 bits per heavy atom. The van der Waals surface area contributed by atoms with E-state index >= 15 is 0 Å². The van der Waals surface area contributed by atoms with Crippen molar-refractivity contribution in [2.45, 2.75) is 6.54 Å². The Morgan fingerprint density at radius 1 is 1.42 bits per heavy atom. The number of ether oxygens (including phenoxy) is 1. The third kappa shape index (κ3) is 5.80. The third-order valence-corrected chi connectivity index (χ3v) is 3.45. The lowest BCUT2D eigenvalue weighted by Crippen LogP contribution is -2.25. The molecule has 0 aliphatic rings. The summed E-state index contributed by atoms with van der Waals surface area (Å²) in [5, 5.41) is 0. The minimum atomic E-state index is -2.96. The van der Waals surface area contributed by atoms with Crippen LogP contribution in [0.3, 0.4) is 0 Å². The Hall–Kier alpha value is -1.47. The van der Waals surface area contributed by atoms with Crippen LogP contribution in [0.1, 0.15) is 16.1 Å². The van der Waals surface area contributed by atoms with Crippen molar-refractivity contribution in [3.05, 3.63) is 29.6 Å². The first-order valence-corrected chi connectivity index (χ1v) is 7.77. The van der Waals surface area contributed by atoms with Crippen molar-refractivity contribution in [2.75, 3.05) is 32.7 Å². The molecule has 0 fully saturated rings. The fourth-order valence-corrected chi connectivity index (χ4v) is 2.08. The molecule has 0 N–H and O–H groups in total. The highest BCUT2D eigenvalue weighted by atomic mass is 32.2. The minimum absolute atomic E-state index is 0.115. The number of aromatic nitrogens is 1. The van der Waals surface area contributed by atoms with E-state index in [1.807, 2.05) is 11.9 Å². The van der Waals surface area contributed by atoms with Gasteiger partial charge in [-0.25, -0.2) is 13.2 Å². The molecular formula is C12H18N2O4S. The highest BCUT2D eigenvalue weighted by molar-refractivity contribution is 7.90. The van der Waals surface area contributed by atoms with Gasteiger partial charge in [0, 0.05) is 25.5 Å². The molecule has 1 heterocycles. The van der Waals surface area contributed by atoms with Crippen molar-refractivity contribution in [2.24, 2.45) is 0 Å². The molecule has 1 aromatic rings. The first-order valence-electron chi connectivity index (χ1n) is 5.71. The fraction of sp³-hybridized carbons (Fsp3) is 0.500. The molecule has 0 unspecified atom stereocenters. The van der Waals surface area contributed by atoms with E-state index in [1.165, 1.54) is 19.6 Å². The van der Waals surface area contributed by atoms with Gasteiger partial charge < -0.3 is 4.74 Å². The Kier molecular flexibility index (Phi) is 5.44. The summed E-state index contributed by atoms with van der Waals surface area (Å²) in [6.07, 6.45) is 2.66. The smallest absolute Gasteiger partial charge is 0.339 e. The van der Waals surface area contributed by atoms with Crippen LogP contribution in [0.2, 0.25) is 0 Å². The molecule has 0 aromatic carbocycles. The molecule has 1 rings (SSSR count). The van der Waals surface area contributed by atoms with Crippen LogP contribution in [0.15, 0.2) is 18.3 Å². The van der Waals surface area contributed by atoms with Gasteiger partial charge in [0.1, 0.15) is 9.84 Å². The van der Waals surface area contributed by atoms with Crippen LogP contribution >= 0.6 is 0 Å². The molecule has 0 atom stereocenters. The number of nitrogens with zero attached hydrogens (tertiary/aromatic N) is 2. The lowest BCUT2D eigenvalue weighted by molar-refractivity contribution is 0.0600. The molecule has 0 saturated heterocycles. The minimum Gasteiger partial charge on any atom is -0.465 e. The Morgan fingerprint density at radius 3 is 2.58 bits per heavy atom. The summed E-state index contributed by atoms with van der Waals surface area (Å²) in [6.45, 7) is 0.968. The highest BCUT2D eigenvalue weighted by Gasteiger charge is 2.08. The summed E-state index contributed by atoms with van der Waals surface area (Å²) in [5.41, 5.74) is 1.16. The summed E-state index contributed by atoms with van der Waals surface area (Å²) in [7, 11) is 0.179. The number of carbonyl (C=O) groups is 1. The maximum Gasteiger partial charge on any atom is 0.339 e. The van der Waals surface area contributed by atoms with E-state index in [-0.39, 0.29) is 5.75 Å². The molecule has 0 aliphatic carbocycles. The largest absolute Gasteiger partial charge is 0.465 e. The van der Waals surface area contributed by atoms with Crippen molar-refractivity contribution in [3.8, 4) is 0 Å². The Bertz CT molecular complexity index is 525. The summed E-state index contributed by atoms with van der Waals surface area (Å²) >= 11 is 0. The zero-order chi connectivity index (χ0) is 14.5. The average molecular weight is 286 g/mol. The predicted molar refractivity (Wildman–Crippen MR) is 71.6 cm³/mol. The molecule has 7 heteroatoms. The van der Waals surface area contributed by atoms with Crippen LogP contribution in [-0.2, 0) is 21.1 Å². The Labute approximate surface area is 113 Å². The lowest BCUT2D eigenvalue weighted by Gasteiger charge is -2.15. The summed E-state index contributed by atoms with van der Waals surface area (Å²) in [5.74, 6) is -0.312. The van der Waals surface area contributed by atoms with Crippen LogP contribution < -0.4 is 0 Å². The molecule has 0 aliphatic heterocycles. The molecule has 0 radical (unpaired) electrons. The predicted octanol–water partition coefficient (Wildman–Crippen LogP) is 0.345. The van der Waals surface area contributed by atoms with Gasteiger partial charge in [0.05, 0.1) is 24.1 Å². The van der Waals surface area contributed by atoms with Gasteiger partial charge >= 0.3 is 5.97 Å². The van der Waals surface area contributed by atoms with E-state index in [4.69, 9.17) is 0 Å². The van der Waals surface area contributed by atoms with Crippen LogP contribution in [-0.4, -0.2) is 57.0 Å². The number of esters is 1. The highest BCUT2D eigenvalue weighted by Crippen LogP contribution is 2.04. The first kappa shape index (κ1) is 15.6. The summed E-state index contributed by atoms with van der Waals surface area (Å²) in [4.78, 5) is 17.2. The standard InChI is InChI=1S/C12H18N2O4S/c1-14(6-7-19(3,16)17)9-11-5-4-10(8-13-11)12(15)18-2/h4-5,8H,6-7,9H2,1-3H3. The second-order valence-electron chi connectivity index (χ2n) is 4.40. The number of hydrogen-bond acceptors (Lipinski definition) is 6. The van der Waals surface area contributed by atoms with Gasteiger partial charge in [-0.1, -0.05) is 0 Å². The van der Waals surface area contributed by atoms with Gasteiger partial charge in [0.25, 0.3) is 0 Å². The molecule has 6 nitrogen and oxygen atoms in total. The molecule has 106 valence electrons. The molecular weight excluding hydrogens is 268 g/mol. The normalized spacial score (nSPS) is 11.6. The SMILES string of the molecule is COC(=O)c1ccc(CN(C)CCS(C)(=O)=O)nc1. The van der Waals surface area contributed by atoms with Gasteiger partial charge in [0.2, 0.25) is 0 Å². The van der Waals surface area contributed by atoms with Crippen molar-refractivity contribution in [1.82, 2.24) is 9.88 Å². The number of hydrogen-bond donors (Lipinski definition) is 0. The monoisotopic (exact) mass is 286 g/mol. The van der Waals surface area contributed by atoms with Crippen molar-refractivity contribution < 1.29 is 17.9 Å². The van der Waals surface area contributed by atoms with Crippen LogP contribution in [0, 0.1) is 0 Å². The molecule has 1 aromatic heterocycles.